The Bertz CT molecular complexity index is 386. The van der Waals surface area contributed by atoms with Crippen LogP contribution in [0.4, 0.5) is 0 Å². The first-order valence-electron chi connectivity index (χ1n) is 6.38. The molecule has 0 amide bonds. The predicted molar refractivity (Wildman–Crippen MR) is 66.9 cm³/mol. The first-order chi connectivity index (χ1) is 8.22. The van der Waals surface area contributed by atoms with E-state index in [1.807, 2.05) is 13.8 Å². The van der Waals surface area contributed by atoms with Gasteiger partial charge in [0.25, 0.3) is 0 Å². The predicted octanol–water partition coefficient (Wildman–Crippen LogP) is 2.12. The average molecular weight is 235 g/mol. The maximum Gasteiger partial charge on any atom is 0.238 e. The van der Waals surface area contributed by atoms with Crippen LogP contribution in [0.5, 0.6) is 5.88 Å². The third-order valence-corrected chi connectivity index (χ3v) is 3.68. The van der Waals surface area contributed by atoms with Crippen molar-refractivity contribution < 1.29 is 4.74 Å². The standard InChI is InChI=1S/C13H21N3O/c1-9-10(2)15-16-13(12(9)7-14)17-8-11-5-3-4-6-11/h11H,3-8,14H2,1-2H3. The van der Waals surface area contributed by atoms with Gasteiger partial charge in [-0.2, -0.15) is 5.10 Å². The molecule has 4 nitrogen and oxygen atoms in total. The van der Waals surface area contributed by atoms with Crippen molar-refractivity contribution in [3.8, 4) is 5.88 Å². The third-order valence-electron chi connectivity index (χ3n) is 3.68. The van der Waals surface area contributed by atoms with Crippen molar-refractivity contribution >= 4 is 0 Å². The number of hydrogen-bond acceptors (Lipinski definition) is 4. The van der Waals surface area contributed by atoms with Gasteiger partial charge >= 0.3 is 0 Å². The van der Waals surface area contributed by atoms with Crippen molar-refractivity contribution in [2.45, 2.75) is 46.1 Å². The highest BCUT2D eigenvalue weighted by molar-refractivity contribution is 5.35. The van der Waals surface area contributed by atoms with Crippen molar-refractivity contribution in [2.75, 3.05) is 6.61 Å². The van der Waals surface area contributed by atoms with Crippen LogP contribution in [-0.4, -0.2) is 16.8 Å². The van der Waals surface area contributed by atoms with E-state index in [0.29, 0.717) is 18.3 Å². The summed E-state index contributed by atoms with van der Waals surface area (Å²) in [6.45, 7) is 5.18. The number of nitrogens with zero attached hydrogens (tertiary/aromatic N) is 2. The Kier molecular flexibility index (Phi) is 3.94. The van der Waals surface area contributed by atoms with Crippen molar-refractivity contribution in [1.29, 1.82) is 0 Å². The molecule has 1 heterocycles. The van der Waals surface area contributed by atoms with Crippen LogP contribution in [0.2, 0.25) is 0 Å². The van der Waals surface area contributed by atoms with E-state index in [0.717, 1.165) is 23.4 Å². The summed E-state index contributed by atoms with van der Waals surface area (Å²) < 4.78 is 5.79. The first-order valence-corrected chi connectivity index (χ1v) is 6.38. The highest BCUT2D eigenvalue weighted by Gasteiger charge is 2.17. The highest BCUT2D eigenvalue weighted by atomic mass is 16.5. The lowest BCUT2D eigenvalue weighted by Crippen LogP contribution is -2.14. The summed E-state index contributed by atoms with van der Waals surface area (Å²) in [6, 6.07) is 0. The number of rotatable bonds is 4. The van der Waals surface area contributed by atoms with E-state index in [2.05, 4.69) is 10.2 Å². The van der Waals surface area contributed by atoms with Gasteiger partial charge in [-0.3, -0.25) is 0 Å². The zero-order chi connectivity index (χ0) is 12.3. The van der Waals surface area contributed by atoms with Gasteiger partial charge in [-0.1, -0.05) is 12.8 Å². The second-order valence-electron chi connectivity index (χ2n) is 4.86. The van der Waals surface area contributed by atoms with E-state index in [9.17, 15) is 0 Å². The Balaban J connectivity index is 2.06. The molecule has 2 N–H and O–H groups in total. The lowest BCUT2D eigenvalue weighted by atomic mass is 10.1. The first kappa shape index (κ1) is 12.3. The fourth-order valence-electron chi connectivity index (χ4n) is 2.36. The van der Waals surface area contributed by atoms with Crippen LogP contribution in [0.25, 0.3) is 0 Å². The molecule has 94 valence electrons. The fraction of sp³-hybridized carbons (Fsp3) is 0.692. The molecule has 0 radical (unpaired) electrons. The van der Waals surface area contributed by atoms with Gasteiger partial charge in [0.2, 0.25) is 5.88 Å². The Morgan fingerprint density at radius 2 is 1.94 bits per heavy atom. The molecule has 0 aromatic carbocycles. The maximum absolute atomic E-state index is 5.79. The van der Waals surface area contributed by atoms with Crippen molar-refractivity contribution in [3.05, 3.63) is 16.8 Å². The second kappa shape index (κ2) is 5.45. The summed E-state index contributed by atoms with van der Waals surface area (Å²) in [5.41, 5.74) is 8.78. The van der Waals surface area contributed by atoms with Gasteiger partial charge in [0, 0.05) is 12.1 Å². The van der Waals surface area contributed by atoms with E-state index in [4.69, 9.17) is 10.5 Å². The number of aromatic nitrogens is 2. The quantitative estimate of drug-likeness (QED) is 0.868. The van der Waals surface area contributed by atoms with Gasteiger partial charge in [-0.25, -0.2) is 0 Å². The van der Waals surface area contributed by atoms with Crippen LogP contribution >= 0.6 is 0 Å². The van der Waals surface area contributed by atoms with Gasteiger partial charge in [0.05, 0.1) is 12.3 Å². The molecule has 0 spiro atoms. The van der Waals surface area contributed by atoms with Gasteiger partial charge in [-0.15, -0.1) is 5.10 Å². The van der Waals surface area contributed by atoms with E-state index in [1.54, 1.807) is 0 Å². The monoisotopic (exact) mass is 235 g/mol. The average Bonchev–Trinajstić information content (AvgIpc) is 2.83. The summed E-state index contributed by atoms with van der Waals surface area (Å²) in [5.74, 6) is 1.31. The molecule has 1 saturated carbocycles. The van der Waals surface area contributed by atoms with E-state index in [1.165, 1.54) is 25.7 Å². The molecule has 17 heavy (non-hydrogen) atoms. The number of nitrogens with two attached hydrogens (primary N) is 1. The van der Waals surface area contributed by atoms with Gasteiger partial charge in [0.1, 0.15) is 0 Å². The summed E-state index contributed by atoms with van der Waals surface area (Å²) >= 11 is 0. The number of hydrogen-bond donors (Lipinski definition) is 1. The molecule has 4 heteroatoms. The van der Waals surface area contributed by atoms with E-state index < -0.39 is 0 Å². The number of aryl methyl sites for hydroxylation is 1. The molecule has 0 unspecified atom stereocenters. The smallest absolute Gasteiger partial charge is 0.238 e. The Morgan fingerprint density at radius 1 is 1.24 bits per heavy atom. The zero-order valence-corrected chi connectivity index (χ0v) is 10.7. The normalized spacial score (nSPS) is 16.4. The SMILES string of the molecule is Cc1nnc(OCC2CCCC2)c(CN)c1C. The summed E-state index contributed by atoms with van der Waals surface area (Å²) in [4.78, 5) is 0. The molecule has 0 bridgehead atoms. The lowest BCUT2D eigenvalue weighted by Gasteiger charge is -2.14. The molecule has 1 fully saturated rings. The molecule has 2 rings (SSSR count). The topological polar surface area (TPSA) is 61.0 Å². The summed E-state index contributed by atoms with van der Waals surface area (Å²) in [5, 5.41) is 8.22. The molecule has 0 atom stereocenters. The maximum atomic E-state index is 5.79. The van der Waals surface area contributed by atoms with Crippen LogP contribution in [-0.2, 0) is 6.54 Å². The highest BCUT2D eigenvalue weighted by Crippen LogP contribution is 2.26. The summed E-state index contributed by atoms with van der Waals surface area (Å²) in [7, 11) is 0. The van der Waals surface area contributed by atoms with E-state index in [-0.39, 0.29) is 0 Å². The molecule has 0 aliphatic heterocycles. The third kappa shape index (κ3) is 2.75. The zero-order valence-electron chi connectivity index (χ0n) is 10.7. The van der Waals surface area contributed by atoms with Crippen LogP contribution in [0.1, 0.15) is 42.5 Å². The van der Waals surface area contributed by atoms with Crippen LogP contribution in [0.3, 0.4) is 0 Å². The minimum Gasteiger partial charge on any atom is -0.476 e. The van der Waals surface area contributed by atoms with Crippen LogP contribution in [0.15, 0.2) is 0 Å². The van der Waals surface area contributed by atoms with Crippen molar-refractivity contribution in [3.63, 3.8) is 0 Å². The Morgan fingerprint density at radius 3 is 2.59 bits per heavy atom. The summed E-state index contributed by atoms with van der Waals surface area (Å²) in [6.07, 6.45) is 5.21. The minimum absolute atomic E-state index is 0.461. The Hall–Kier alpha value is -1.16. The van der Waals surface area contributed by atoms with E-state index >= 15 is 0 Å². The molecule has 1 aromatic rings. The lowest BCUT2D eigenvalue weighted by molar-refractivity contribution is 0.238. The molecule has 1 aliphatic carbocycles. The molecular weight excluding hydrogens is 214 g/mol. The molecule has 0 saturated heterocycles. The largest absolute Gasteiger partial charge is 0.476 e. The van der Waals surface area contributed by atoms with Crippen molar-refractivity contribution in [1.82, 2.24) is 10.2 Å². The van der Waals surface area contributed by atoms with Gasteiger partial charge in [-0.05, 0) is 38.2 Å². The van der Waals surface area contributed by atoms with Crippen molar-refractivity contribution in [2.24, 2.45) is 11.7 Å². The van der Waals surface area contributed by atoms with Gasteiger partial charge in [0.15, 0.2) is 0 Å². The van der Waals surface area contributed by atoms with Crippen LogP contribution < -0.4 is 10.5 Å². The fourth-order valence-corrected chi connectivity index (χ4v) is 2.36. The second-order valence-corrected chi connectivity index (χ2v) is 4.86. The minimum atomic E-state index is 0.461. The molecular formula is C13H21N3O. The molecule has 1 aromatic heterocycles. The number of ether oxygens (including phenoxy) is 1. The van der Waals surface area contributed by atoms with Gasteiger partial charge < -0.3 is 10.5 Å². The molecule has 1 aliphatic rings. The Labute approximate surface area is 103 Å². The van der Waals surface area contributed by atoms with Crippen LogP contribution in [0, 0.1) is 19.8 Å².